The van der Waals surface area contributed by atoms with Crippen LogP contribution in [0.15, 0.2) is 29.2 Å². The third kappa shape index (κ3) is 4.21. The summed E-state index contributed by atoms with van der Waals surface area (Å²) < 4.78 is 5.22. The van der Waals surface area contributed by atoms with Gasteiger partial charge in [-0.2, -0.15) is 0 Å². The highest BCUT2D eigenvalue weighted by Gasteiger charge is 2.24. The highest BCUT2D eigenvalue weighted by atomic mass is 35.5. The zero-order valence-corrected chi connectivity index (χ0v) is 11.9. The van der Waals surface area contributed by atoms with E-state index in [0.29, 0.717) is 5.76 Å². The summed E-state index contributed by atoms with van der Waals surface area (Å²) in [6, 6.07) is 2.94. The van der Waals surface area contributed by atoms with Crippen molar-refractivity contribution in [2.75, 3.05) is 26.2 Å². The van der Waals surface area contributed by atoms with Crippen LogP contribution < -0.4 is 5.32 Å². The largest absolute Gasteiger partial charge is 0.433 e. The van der Waals surface area contributed by atoms with Gasteiger partial charge in [0.25, 0.3) is 0 Å². The lowest BCUT2D eigenvalue weighted by Gasteiger charge is -2.31. The van der Waals surface area contributed by atoms with Crippen LogP contribution in [-0.2, 0) is 0 Å². The zero-order chi connectivity index (χ0) is 12.3. The molecule has 1 saturated heterocycles. The maximum absolute atomic E-state index is 10.6. The molecule has 0 aromatic carbocycles. The highest BCUT2D eigenvalue weighted by Crippen LogP contribution is 2.27. The van der Waals surface area contributed by atoms with Gasteiger partial charge in [0.2, 0.25) is 0 Å². The molecule has 8 heteroatoms. The van der Waals surface area contributed by atoms with E-state index in [2.05, 4.69) is 16.8 Å². The predicted octanol–water partition coefficient (Wildman–Crippen LogP) is 2.16. The Balaban J connectivity index is 0.00000162. The number of nitro groups is 1. The van der Waals surface area contributed by atoms with Crippen molar-refractivity contribution in [3.05, 3.63) is 40.7 Å². The van der Waals surface area contributed by atoms with E-state index in [9.17, 15) is 10.1 Å². The summed E-state index contributed by atoms with van der Waals surface area (Å²) >= 11 is 0. The molecular formula is C11H17Cl2N3O3. The molecular weight excluding hydrogens is 293 g/mol. The van der Waals surface area contributed by atoms with Gasteiger partial charge in [0.15, 0.2) is 0 Å². The molecule has 0 spiro atoms. The molecule has 0 amide bonds. The molecule has 108 valence electrons. The van der Waals surface area contributed by atoms with Crippen LogP contribution in [0.25, 0.3) is 0 Å². The minimum Gasteiger partial charge on any atom is -0.404 e. The second-order valence-corrected chi connectivity index (χ2v) is 3.90. The van der Waals surface area contributed by atoms with Crippen LogP contribution in [0.4, 0.5) is 5.88 Å². The van der Waals surface area contributed by atoms with Gasteiger partial charge in [-0.25, -0.2) is 0 Å². The normalized spacial score (nSPS) is 16.8. The first-order valence-electron chi connectivity index (χ1n) is 5.54. The molecule has 0 unspecified atom stereocenters. The SMILES string of the molecule is C=C[C@H](c1ccc([N+](=O)[O-])o1)N1CCNCC1.Cl.Cl. The number of nitrogens with zero attached hydrogens (tertiary/aromatic N) is 2. The van der Waals surface area contributed by atoms with Crippen molar-refractivity contribution in [1.82, 2.24) is 10.2 Å². The average Bonchev–Trinajstić information content (AvgIpc) is 2.81. The minimum absolute atomic E-state index is 0. The molecule has 1 aliphatic heterocycles. The van der Waals surface area contributed by atoms with Gasteiger partial charge >= 0.3 is 5.88 Å². The molecule has 1 fully saturated rings. The topological polar surface area (TPSA) is 71.5 Å². The maximum atomic E-state index is 10.6. The third-order valence-corrected chi connectivity index (χ3v) is 2.85. The fourth-order valence-electron chi connectivity index (χ4n) is 2.00. The zero-order valence-electron chi connectivity index (χ0n) is 10.3. The van der Waals surface area contributed by atoms with E-state index in [-0.39, 0.29) is 36.7 Å². The first-order valence-corrected chi connectivity index (χ1v) is 5.54. The van der Waals surface area contributed by atoms with Crippen LogP contribution in [-0.4, -0.2) is 36.0 Å². The molecule has 1 atom stereocenters. The molecule has 19 heavy (non-hydrogen) atoms. The molecule has 0 aliphatic carbocycles. The molecule has 0 bridgehead atoms. The van der Waals surface area contributed by atoms with E-state index in [1.807, 2.05) is 0 Å². The van der Waals surface area contributed by atoms with Crippen LogP contribution in [0, 0.1) is 10.1 Å². The Morgan fingerprint density at radius 2 is 2.05 bits per heavy atom. The first-order chi connectivity index (χ1) is 8.22. The summed E-state index contributed by atoms with van der Waals surface area (Å²) in [4.78, 5) is 12.2. The van der Waals surface area contributed by atoms with Crippen molar-refractivity contribution in [2.24, 2.45) is 0 Å². The van der Waals surface area contributed by atoms with Crippen LogP contribution in [0.1, 0.15) is 11.8 Å². The summed E-state index contributed by atoms with van der Waals surface area (Å²) in [6.45, 7) is 7.35. The van der Waals surface area contributed by atoms with E-state index >= 15 is 0 Å². The summed E-state index contributed by atoms with van der Waals surface area (Å²) in [7, 11) is 0. The van der Waals surface area contributed by atoms with Crippen molar-refractivity contribution in [2.45, 2.75) is 6.04 Å². The van der Waals surface area contributed by atoms with E-state index in [4.69, 9.17) is 4.42 Å². The second-order valence-electron chi connectivity index (χ2n) is 3.90. The Hall–Kier alpha value is -1.08. The lowest BCUT2D eigenvalue weighted by Crippen LogP contribution is -2.44. The Labute approximate surface area is 123 Å². The summed E-state index contributed by atoms with van der Waals surface area (Å²) in [5.41, 5.74) is 0. The van der Waals surface area contributed by atoms with Crippen molar-refractivity contribution in [3.8, 4) is 0 Å². The smallest absolute Gasteiger partial charge is 0.404 e. The lowest BCUT2D eigenvalue weighted by molar-refractivity contribution is -0.402. The van der Waals surface area contributed by atoms with Crippen molar-refractivity contribution >= 4 is 30.7 Å². The fraction of sp³-hybridized carbons (Fsp3) is 0.455. The van der Waals surface area contributed by atoms with Gasteiger partial charge in [-0.3, -0.25) is 15.0 Å². The van der Waals surface area contributed by atoms with Crippen molar-refractivity contribution < 1.29 is 9.34 Å². The molecule has 1 aromatic heterocycles. The number of halogens is 2. The Morgan fingerprint density at radius 3 is 2.53 bits per heavy atom. The standard InChI is InChI=1S/C11H15N3O3.2ClH/c1-2-9(13-7-5-12-6-8-13)10-3-4-11(17-10)14(15)16;;/h2-4,9,12H,1,5-8H2;2*1H/t9-;;/m1../s1. The monoisotopic (exact) mass is 309 g/mol. The Morgan fingerprint density at radius 1 is 1.42 bits per heavy atom. The van der Waals surface area contributed by atoms with Gasteiger partial charge in [-0.15, -0.1) is 31.4 Å². The van der Waals surface area contributed by atoms with Crippen LogP contribution in [0.2, 0.25) is 0 Å². The molecule has 0 saturated carbocycles. The third-order valence-electron chi connectivity index (χ3n) is 2.85. The van der Waals surface area contributed by atoms with E-state index in [0.717, 1.165) is 26.2 Å². The van der Waals surface area contributed by atoms with Gasteiger partial charge in [-0.1, -0.05) is 6.08 Å². The predicted molar refractivity (Wildman–Crippen MR) is 77.2 cm³/mol. The maximum Gasteiger partial charge on any atom is 0.433 e. The van der Waals surface area contributed by atoms with Crippen molar-refractivity contribution in [3.63, 3.8) is 0 Å². The van der Waals surface area contributed by atoms with Crippen LogP contribution in [0.5, 0.6) is 0 Å². The molecule has 1 aliphatic rings. The molecule has 0 radical (unpaired) electrons. The lowest BCUT2D eigenvalue weighted by atomic mass is 10.1. The minimum atomic E-state index is -0.526. The Kier molecular flexibility index (Phi) is 7.70. The number of rotatable bonds is 4. The summed E-state index contributed by atoms with van der Waals surface area (Å²) in [5.74, 6) is 0.357. The average molecular weight is 310 g/mol. The van der Waals surface area contributed by atoms with E-state index in [1.165, 1.54) is 6.07 Å². The highest BCUT2D eigenvalue weighted by molar-refractivity contribution is 5.85. The molecule has 6 nitrogen and oxygen atoms in total. The van der Waals surface area contributed by atoms with Crippen molar-refractivity contribution in [1.29, 1.82) is 0 Å². The number of furan rings is 1. The van der Waals surface area contributed by atoms with E-state index < -0.39 is 4.92 Å². The van der Waals surface area contributed by atoms with Gasteiger partial charge < -0.3 is 9.73 Å². The fourth-order valence-corrected chi connectivity index (χ4v) is 2.00. The Bertz CT molecular complexity index is 419. The van der Waals surface area contributed by atoms with Crippen LogP contribution in [0.3, 0.4) is 0 Å². The molecule has 2 heterocycles. The quantitative estimate of drug-likeness (QED) is 0.524. The van der Waals surface area contributed by atoms with Crippen LogP contribution >= 0.6 is 24.8 Å². The number of hydrogen-bond donors (Lipinski definition) is 1. The summed E-state index contributed by atoms with van der Waals surface area (Å²) in [6.07, 6.45) is 1.76. The molecule has 2 rings (SSSR count). The van der Waals surface area contributed by atoms with Gasteiger partial charge in [0.1, 0.15) is 10.7 Å². The number of nitrogens with one attached hydrogen (secondary N) is 1. The number of hydrogen-bond acceptors (Lipinski definition) is 5. The second kappa shape index (κ2) is 8.16. The molecule has 1 aromatic rings. The first kappa shape index (κ1) is 17.9. The summed E-state index contributed by atoms with van der Waals surface area (Å²) in [5, 5.41) is 13.8. The van der Waals surface area contributed by atoms with Gasteiger partial charge in [0.05, 0.1) is 12.1 Å². The number of piperazine rings is 1. The molecule has 1 N–H and O–H groups in total. The van der Waals surface area contributed by atoms with E-state index in [1.54, 1.807) is 12.1 Å². The van der Waals surface area contributed by atoms with Gasteiger partial charge in [0, 0.05) is 26.2 Å². The van der Waals surface area contributed by atoms with Gasteiger partial charge in [-0.05, 0) is 6.07 Å².